The number of ether oxygens (including phenoxy) is 1. The van der Waals surface area contributed by atoms with Crippen LogP contribution < -0.4 is 10.6 Å². The Labute approximate surface area is 198 Å². The van der Waals surface area contributed by atoms with Crippen LogP contribution in [0.2, 0.25) is 0 Å². The normalized spacial score (nSPS) is 19.3. The summed E-state index contributed by atoms with van der Waals surface area (Å²) in [4.78, 5) is 36.3. The van der Waals surface area contributed by atoms with Crippen molar-refractivity contribution in [3.63, 3.8) is 0 Å². The molecule has 0 saturated heterocycles. The zero-order valence-electron chi connectivity index (χ0n) is 18.6. The molecule has 0 saturated carbocycles. The first-order valence-electron chi connectivity index (χ1n) is 11.2. The number of terminal acetylenes is 1. The molecule has 2 amide bonds. The monoisotopic (exact) mass is 458 g/mol. The van der Waals surface area contributed by atoms with Crippen LogP contribution >= 0.6 is 0 Å². The zero-order valence-corrected chi connectivity index (χ0v) is 18.6. The minimum absolute atomic E-state index is 0.0392. The van der Waals surface area contributed by atoms with Gasteiger partial charge in [0.25, 0.3) is 0 Å². The standard InChI is InChI=1S/C27H26N2O5/c1-2-8-24(26(31)32)29-25(30)17-9-7-10-18(15-17)28-27(33)34-16-23-21-13-5-3-11-19(21)20-12-4-6-14-22(20)23/h1,3-7,10-14,17-18,23-24H,8-9,15-16H2,(H,28,33)(H,29,30)(H,31,32). The summed E-state index contributed by atoms with van der Waals surface area (Å²) < 4.78 is 5.58. The Bertz CT molecular complexity index is 1120. The molecule has 3 atom stereocenters. The van der Waals surface area contributed by atoms with Crippen LogP contribution in [0.1, 0.15) is 36.3 Å². The number of hydrogen-bond donors (Lipinski definition) is 3. The molecule has 2 aliphatic rings. The first kappa shape index (κ1) is 23.1. The summed E-state index contributed by atoms with van der Waals surface area (Å²) in [5.41, 5.74) is 4.57. The fraction of sp³-hybridized carbons (Fsp3) is 0.296. The molecule has 0 heterocycles. The Hall–Kier alpha value is -4.05. The summed E-state index contributed by atoms with van der Waals surface area (Å²) in [5, 5.41) is 14.5. The van der Waals surface area contributed by atoms with E-state index in [4.69, 9.17) is 11.2 Å². The first-order chi connectivity index (χ1) is 16.5. The molecule has 2 aromatic carbocycles. The van der Waals surface area contributed by atoms with Gasteiger partial charge in [0.05, 0.1) is 6.04 Å². The van der Waals surface area contributed by atoms with Crippen molar-refractivity contribution in [2.75, 3.05) is 6.61 Å². The van der Waals surface area contributed by atoms with Gasteiger partial charge in [-0.15, -0.1) is 12.3 Å². The molecule has 34 heavy (non-hydrogen) atoms. The highest BCUT2D eigenvalue weighted by atomic mass is 16.5. The van der Waals surface area contributed by atoms with E-state index >= 15 is 0 Å². The van der Waals surface area contributed by atoms with Gasteiger partial charge in [-0.1, -0.05) is 60.7 Å². The van der Waals surface area contributed by atoms with Gasteiger partial charge in [-0.3, -0.25) is 4.79 Å². The van der Waals surface area contributed by atoms with Crippen LogP contribution in [0, 0.1) is 18.3 Å². The van der Waals surface area contributed by atoms with Crippen molar-refractivity contribution in [2.45, 2.75) is 37.3 Å². The van der Waals surface area contributed by atoms with Crippen molar-refractivity contribution < 1.29 is 24.2 Å². The minimum atomic E-state index is -1.18. The van der Waals surface area contributed by atoms with E-state index < -0.39 is 36.0 Å². The van der Waals surface area contributed by atoms with Crippen LogP contribution in [0.5, 0.6) is 0 Å². The number of carboxylic acids is 1. The molecular formula is C27H26N2O5. The minimum Gasteiger partial charge on any atom is -0.480 e. The number of amides is 2. The maximum atomic E-state index is 12.6. The SMILES string of the molecule is C#CCC(NC(=O)C1CC=CC(NC(=O)OCC2c3ccccc3-c3ccccc32)C1)C(=O)O. The molecule has 3 unspecified atom stereocenters. The van der Waals surface area contributed by atoms with Gasteiger partial charge < -0.3 is 20.5 Å². The van der Waals surface area contributed by atoms with E-state index in [9.17, 15) is 19.5 Å². The van der Waals surface area contributed by atoms with Gasteiger partial charge in [0.15, 0.2) is 0 Å². The lowest BCUT2D eigenvalue weighted by Gasteiger charge is -2.26. The van der Waals surface area contributed by atoms with Gasteiger partial charge in [0, 0.05) is 18.3 Å². The van der Waals surface area contributed by atoms with Gasteiger partial charge >= 0.3 is 12.1 Å². The smallest absolute Gasteiger partial charge is 0.407 e. The average Bonchev–Trinajstić information content (AvgIpc) is 3.16. The number of carbonyl (C=O) groups is 3. The highest BCUT2D eigenvalue weighted by Crippen LogP contribution is 2.44. The maximum Gasteiger partial charge on any atom is 0.407 e. The number of rotatable bonds is 7. The highest BCUT2D eigenvalue weighted by Gasteiger charge is 2.31. The quantitative estimate of drug-likeness (QED) is 0.435. The summed E-state index contributed by atoms with van der Waals surface area (Å²) >= 11 is 0. The third kappa shape index (κ3) is 4.96. The fourth-order valence-corrected chi connectivity index (χ4v) is 4.61. The van der Waals surface area contributed by atoms with E-state index in [0.717, 1.165) is 22.3 Å². The number of aliphatic carboxylic acids is 1. The van der Waals surface area contributed by atoms with E-state index in [2.05, 4.69) is 40.8 Å². The van der Waals surface area contributed by atoms with Gasteiger partial charge in [-0.05, 0) is 35.1 Å². The molecule has 174 valence electrons. The van der Waals surface area contributed by atoms with Crippen LogP contribution in [-0.4, -0.2) is 41.8 Å². The van der Waals surface area contributed by atoms with Crippen molar-refractivity contribution in [2.24, 2.45) is 5.92 Å². The predicted molar refractivity (Wildman–Crippen MR) is 127 cm³/mol. The second kappa shape index (κ2) is 10.3. The number of allylic oxidation sites excluding steroid dienone is 1. The second-order valence-corrected chi connectivity index (χ2v) is 8.48. The second-order valence-electron chi connectivity index (χ2n) is 8.48. The van der Waals surface area contributed by atoms with Crippen LogP contribution in [0.4, 0.5) is 4.79 Å². The summed E-state index contributed by atoms with van der Waals surface area (Å²) in [6.07, 6.45) is 8.96. The number of benzene rings is 2. The molecule has 0 fully saturated rings. The molecule has 0 aliphatic heterocycles. The number of fused-ring (bicyclic) bond motifs is 3. The largest absolute Gasteiger partial charge is 0.480 e. The average molecular weight is 459 g/mol. The van der Waals surface area contributed by atoms with E-state index in [0.29, 0.717) is 12.8 Å². The molecule has 2 aliphatic carbocycles. The molecule has 7 heteroatoms. The fourth-order valence-electron chi connectivity index (χ4n) is 4.61. The third-order valence-electron chi connectivity index (χ3n) is 6.28. The van der Waals surface area contributed by atoms with Gasteiger partial charge in [0.1, 0.15) is 12.6 Å². The molecule has 0 radical (unpaired) electrons. The Morgan fingerprint density at radius 3 is 2.35 bits per heavy atom. The van der Waals surface area contributed by atoms with E-state index in [1.165, 1.54) is 0 Å². The van der Waals surface area contributed by atoms with E-state index in [-0.39, 0.29) is 18.9 Å². The van der Waals surface area contributed by atoms with Crippen molar-refractivity contribution in [3.05, 3.63) is 71.8 Å². The molecule has 3 N–H and O–H groups in total. The summed E-state index contributed by atoms with van der Waals surface area (Å²) in [7, 11) is 0. The molecule has 0 aromatic heterocycles. The predicted octanol–water partition coefficient (Wildman–Crippen LogP) is 3.45. The Morgan fingerprint density at radius 2 is 1.74 bits per heavy atom. The lowest BCUT2D eigenvalue weighted by atomic mass is 9.90. The van der Waals surface area contributed by atoms with Gasteiger partial charge in [-0.25, -0.2) is 9.59 Å². The number of nitrogens with one attached hydrogen (secondary N) is 2. The van der Waals surface area contributed by atoms with E-state index in [1.54, 1.807) is 6.08 Å². The number of alkyl carbamates (subject to hydrolysis) is 1. The van der Waals surface area contributed by atoms with Crippen LogP contribution in [0.15, 0.2) is 60.7 Å². The molecule has 7 nitrogen and oxygen atoms in total. The Kier molecular flexibility index (Phi) is 6.98. The molecular weight excluding hydrogens is 432 g/mol. The molecule has 0 spiro atoms. The molecule has 2 aromatic rings. The zero-order chi connectivity index (χ0) is 24.1. The van der Waals surface area contributed by atoms with Crippen molar-refractivity contribution in [1.82, 2.24) is 10.6 Å². The summed E-state index contributed by atoms with van der Waals surface area (Å²) in [6.45, 7) is 0.201. The number of hydrogen-bond acceptors (Lipinski definition) is 4. The first-order valence-corrected chi connectivity index (χ1v) is 11.2. The number of carboxylic acid groups (broad SMARTS) is 1. The highest BCUT2D eigenvalue weighted by molar-refractivity contribution is 5.85. The lowest BCUT2D eigenvalue weighted by molar-refractivity contribution is -0.142. The van der Waals surface area contributed by atoms with Crippen LogP contribution in [0.25, 0.3) is 11.1 Å². The maximum absolute atomic E-state index is 12.6. The van der Waals surface area contributed by atoms with Crippen LogP contribution in [-0.2, 0) is 14.3 Å². The number of carbonyl (C=O) groups excluding carboxylic acids is 2. The van der Waals surface area contributed by atoms with Crippen molar-refractivity contribution in [1.29, 1.82) is 0 Å². The summed E-state index contributed by atoms with van der Waals surface area (Å²) in [5.74, 6) is 0.179. The molecule has 4 rings (SSSR count). The van der Waals surface area contributed by atoms with Gasteiger partial charge in [0.2, 0.25) is 5.91 Å². The third-order valence-corrected chi connectivity index (χ3v) is 6.28. The van der Waals surface area contributed by atoms with Crippen molar-refractivity contribution in [3.8, 4) is 23.5 Å². The van der Waals surface area contributed by atoms with Crippen LogP contribution in [0.3, 0.4) is 0 Å². The van der Waals surface area contributed by atoms with Crippen molar-refractivity contribution >= 4 is 18.0 Å². The Balaban J connectivity index is 1.33. The van der Waals surface area contributed by atoms with E-state index in [1.807, 2.05) is 30.3 Å². The molecule has 0 bridgehead atoms. The summed E-state index contributed by atoms with van der Waals surface area (Å²) in [6, 6.07) is 14.7. The van der Waals surface area contributed by atoms with Gasteiger partial charge in [-0.2, -0.15) is 0 Å². The lowest BCUT2D eigenvalue weighted by Crippen LogP contribution is -2.46. The topological polar surface area (TPSA) is 105 Å². The Morgan fingerprint density at radius 1 is 1.09 bits per heavy atom.